The Morgan fingerprint density at radius 3 is 2.23 bits per heavy atom. The van der Waals surface area contributed by atoms with Crippen molar-refractivity contribution in [2.75, 3.05) is 19.4 Å². The maximum absolute atomic E-state index is 12.9. The molecule has 0 radical (unpaired) electrons. The smallest absolute Gasteiger partial charge is 0.335 e. The number of pyridine rings is 1. The number of hydrogen-bond donors (Lipinski definition) is 1. The first-order valence-electron chi connectivity index (χ1n) is 10.4. The van der Waals surface area contributed by atoms with Crippen LogP contribution in [0, 0.1) is 13.8 Å². The summed E-state index contributed by atoms with van der Waals surface area (Å²) in [5.41, 5.74) is 2.79. The number of benzene rings is 2. The molecule has 0 spiro atoms. The van der Waals surface area contributed by atoms with Gasteiger partial charge in [-0.1, -0.05) is 23.8 Å². The molecule has 2 heterocycles. The average Bonchev–Trinajstić information content (AvgIpc) is 3.26. The number of nitrogens with one attached hydrogen (secondary N) is 1. The van der Waals surface area contributed by atoms with E-state index in [9.17, 15) is 9.59 Å². The van der Waals surface area contributed by atoms with Gasteiger partial charge in [-0.25, -0.2) is 4.98 Å². The molecule has 2 amide bonds. The highest BCUT2D eigenvalue weighted by atomic mass is 32.1. The lowest BCUT2D eigenvalue weighted by atomic mass is 10.1. The molecule has 9 nitrogen and oxygen atoms in total. The van der Waals surface area contributed by atoms with Crippen molar-refractivity contribution in [3.05, 3.63) is 83.2 Å². The van der Waals surface area contributed by atoms with Crippen LogP contribution in [0.2, 0.25) is 0 Å². The Hall–Kier alpha value is -4.31. The molecule has 4 rings (SSSR count). The fraction of sp³-hybridized carbons (Fsp3) is 0.160. The van der Waals surface area contributed by atoms with Crippen molar-refractivity contribution in [2.24, 2.45) is 0 Å². The number of hydrogen-bond acceptors (Lipinski definition) is 7. The average molecular weight is 494 g/mol. The molecular formula is C25H23N3O6S. The zero-order valence-corrected chi connectivity index (χ0v) is 20.3. The highest BCUT2D eigenvalue weighted by molar-refractivity contribution is 7.51. The number of nitrogens with zero attached hydrogens (tertiary/aromatic N) is 2. The Labute approximate surface area is 205 Å². The van der Waals surface area contributed by atoms with E-state index in [0.29, 0.717) is 33.8 Å². The van der Waals surface area contributed by atoms with E-state index in [1.165, 1.54) is 4.90 Å². The highest BCUT2D eigenvalue weighted by Gasteiger charge is 2.20. The first-order valence-corrected chi connectivity index (χ1v) is 11.1. The van der Waals surface area contributed by atoms with Crippen LogP contribution in [0.25, 0.3) is 11.0 Å². The second-order valence-electron chi connectivity index (χ2n) is 7.85. The van der Waals surface area contributed by atoms with E-state index in [0.717, 1.165) is 11.1 Å². The fourth-order valence-corrected chi connectivity index (χ4v) is 3.11. The van der Waals surface area contributed by atoms with Gasteiger partial charge in [-0.2, -0.15) is 8.42 Å². The van der Waals surface area contributed by atoms with Crippen LogP contribution in [-0.4, -0.2) is 44.2 Å². The van der Waals surface area contributed by atoms with Crippen LogP contribution in [0.15, 0.2) is 65.2 Å². The van der Waals surface area contributed by atoms with Crippen LogP contribution in [0.3, 0.4) is 0 Å². The maximum atomic E-state index is 12.9. The van der Waals surface area contributed by atoms with Crippen LogP contribution < -0.4 is 10.1 Å². The predicted molar refractivity (Wildman–Crippen MR) is 131 cm³/mol. The zero-order valence-electron chi connectivity index (χ0n) is 19.5. The number of fused-ring (bicyclic) bond motifs is 1. The highest BCUT2D eigenvalue weighted by Crippen LogP contribution is 2.34. The van der Waals surface area contributed by atoms with E-state index in [4.69, 9.17) is 17.6 Å². The number of ether oxygens (including phenoxy) is 1. The van der Waals surface area contributed by atoms with Crippen LogP contribution in [0.4, 0.5) is 5.82 Å². The summed E-state index contributed by atoms with van der Waals surface area (Å²) in [5.74, 6) is 0.971. The number of carbonyl (C=O) groups is 2. The summed E-state index contributed by atoms with van der Waals surface area (Å²) in [6.07, 6.45) is 1.68. The Morgan fingerprint density at radius 2 is 1.63 bits per heavy atom. The third-order valence-electron chi connectivity index (χ3n) is 4.88. The molecule has 1 N–H and O–H groups in total. The van der Waals surface area contributed by atoms with Crippen molar-refractivity contribution >= 4 is 40.2 Å². The molecule has 0 bridgehead atoms. The first kappa shape index (κ1) is 25.3. The van der Waals surface area contributed by atoms with E-state index in [1.807, 2.05) is 44.2 Å². The van der Waals surface area contributed by atoms with Gasteiger partial charge in [0.15, 0.2) is 5.76 Å². The van der Waals surface area contributed by atoms with Gasteiger partial charge < -0.3 is 19.4 Å². The van der Waals surface area contributed by atoms with Crippen molar-refractivity contribution in [3.63, 3.8) is 0 Å². The quantitative estimate of drug-likeness (QED) is 0.434. The molecule has 35 heavy (non-hydrogen) atoms. The molecule has 0 aliphatic rings. The van der Waals surface area contributed by atoms with Gasteiger partial charge in [0.25, 0.3) is 11.8 Å². The number of carbonyl (C=O) groups excluding carboxylic acids is 2. The summed E-state index contributed by atoms with van der Waals surface area (Å²) in [7, 11) is 3.29. The molecular weight excluding hydrogens is 470 g/mol. The third kappa shape index (κ3) is 6.39. The number of anilines is 1. The number of aromatic nitrogens is 1. The molecule has 0 saturated carbocycles. The molecule has 180 valence electrons. The Balaban J connectivity index is 0.00000108. The number of aryl methyl sites for hydroxylation is 2. The lowest BCUT2D eigenvalue weighted by Gasteiger charge is -2.10. The SMILES string of the molecule is Cc1ccc(Oc2cc(C(=O)Nc3ccc(C)cn3)cc3oc(C(=O)N(C)C)cc23)cc1.O=S=O. The summed E-state index contributed by atoms with van der Waals surface area (Å²) in [6.45, 7) is 3.91. The van der Waals surface area contributed by atoms with Crippen molar-refractivity contribution in [2.45, 2.75) is 13.8 Å². The molecule has 0 unspecified atom stereocenters. The molecule has 0 aliphatic carbocycles. The van der Waals surface area contributed by atoms with E-state index < -0.39 is 11.6 Å². The maximum Gasteiger partial charge on any atom is 0.335 e. The largest absolute Gasteiger partial charge is 0.457 e. The Kier molecular flexibility index (Phi) is 8.11. The van der Waals surface area contributed by atoms with Crippen LogP contribution in [0.5, 0.6) is 11.5 Å². The summed E-state index contributed by atoms with van der Waals surface area (Å²) in [5, 5.41) is 3.37. The molecule has 2 aromatic heterocycles. The molecule has 0 fully saturated rings. The van der Waals surface area contributed by atoms with Gasteiger partial charge in [-0.3, -0.25) is 9.59 Å². The topological polar surface area (TPSA) is 119 Å². The van der Waals surface area contributed by atoms with Gasteiger partial charge in [0.2, 0.25) is 0 Å². The van der Waals surface area contributed by atoms with E-state index in [1.54, 1.807) is 44.6 Å². The van der Waals surface area contributed by atoms with Crippen molar-refractivity contribution in [3.8, 4) is 11.5 Å². The van der Waals surface area contributed by atoms with Gasteiger partial charge in [0.05, 0.1) is 5.39 Å². The molecule has 10 heteroatoms. The van der Waals surface area contributed by atoms with Gasteiger partial charge in [0, 0.05) is 31.9 Å². The van der Waals surface area contributed by atoms with Crippen molar-refractivity contribution in [1.82, 2.24) is 9.88 Å². The minimum absolute atomic E-state index is 0.163. The van der Waals surface area contributed by atoms with Crippen LogP contribution >= 0.6 is 0 Å². The number of furan rings is 1. The van der Waals surface area contributed by atoms with Gasteiger partial charge in [0.1, 0.15) is 22.9 Å². The first-order chi connectivity index (χ1) is 16.7. The molecule has 0 aliphatic heterocycles. The number of amides is 2. The minimum Gasteiger partial charge on any atom is -0.457 e. The second-order valence-corrected chi connectivity index (χ2v) is 7.99. The van der Waals surface area contributed by atoms with Crippen LogP contribution in [0.1, 0.15) is 32.0 Å². The van der Waals surface area contributed by atoms with Gasteiger partial charge in [-0.05, 0) is 49.7 Å². The van der Waals surface area contributed by atoms with Crippen LogP contribution in [-0.2, 0) is 11.6 Å². The normalized spacial score (nSPS) is 10.2. The van der Waals surface area contributed by atoms with Gasteiger partial charge >= 0.3 is 11.6 Å². The van der Waals surface area contributed by atoms with E-state index >= 15 is 0 Å². The standard InChI is InChI=1S/C25H23N3O4.O2S/c1-15-5-8-18(9-6-15)31-20-11-17(24(29)27-23-10-7-16(2)14-26-23)12-21-19(20)13-22(32-21)25(30)28(3)4;1-3-2/h5-14H,1-4H3,(H,26,27,29);. The molecule has 0 atom stereocenters. The zero-order chi connectivity index (χ0) is 25.5. The minimum atomic E-state index is -0.750. The lowest BCUT2D eigenvalue weighted by molar-refractivity contribution is 0.0799. The molecule has 2 aromatic carbocycles. The summed E-state index contributed by atoms with van der Waals surface area (Å²) in [4.78, 5) is 31.0. The second kappa shape index (κ2) is 11.2. The monoisotopic (exact) mass is 493 g/mol. The fourth-order valence-electron chi connectivity index (χ4n) is 3.11. The molecule has 0 saturated heterocycles. The lowest BCUT2D eigenvalue weighted by Crippen LogP contribution is -2.20. The summed E-state index contributed by atoms with van der Waals surface area (Å²) in [6, 6.07) is 16.0. The number of rotatable bonds is 5. The van der Waals surface area contributed by atoms with E-state index in [2.05, 4.69) is 10.3 Å². The predicted octanol–water partition coefficient (Wildman–Crippen LogP) is 4.52. The Bertz CT molecular complexity index is 1390. The summed E-state index contributed by atoms with van der Waals surface area (Å²) >= 11 is -0.750. The van der Waals surface area contributed by atoms with Crippen molar-refractivity contribution < 1.29 is 27.2 Å². The summed E-state index contributed by atoms with van der Waals surface area (Å²) < 4.78 is 28.4. The third-order valence-corrected chi connectivity index (χ3v) is 4.88. The van der Waals surface area contributed by atoms with E-state index in [-0.39, 0.29) is 17.6 Å². The van der Waals surface area contributed by atoms with Gasteiger partial charge in [-0.15, -0.1) is 0 Å². The molecule has 4 aromatic rings. The Morgan fingerprint density at radius 1 is 0.971 bits per heavy atom. The van der Waals surface area contributed by atoms with Crippen molar-refractivity contribution in [1.29, 1.82) is 0 Å².